The van der Waals surface area contributed by atoms with Crippen LogP contribution in [0.25, 0.3) is 0 Å². The van der Waals surface area contributed by atoms with Crippen molar-refractivity contribution in [3.8, 4) is 0 Å². The van der Waals surface area contributed by atoms with Crippen molar-refractivity contribution >= 4 is 29.2 Å². The molecular weight excluding hydrogens is 276 g/mol. The number of aromatic nitrogens is 4. The molecule has 8 nitrogen and oxygen atoms in total. The number of hydrazine groups is 1. The molecule has 20 heavy (non-hydrogen) atoms. The lowest BCUT2D eigenvalue weighted by atomic mass is 10.2. The third kappa shape index (κ3) is 3.25. The van der Waals surface area contributed by atoms with Gasteiger partial charge in [0.1, 0.15) is 28.8 Å². The highest BCUT2D eigenvalue weighted by atomic mass is 32.2. The van der Waals surface area contributed by atoms with Crippen LogP contribution in [0.4, 0.5) is 17.5 Å². The number of rotatable bonds is 5. The topological polar surface area (TPSA) is 142 Å². The fourth-order valence-electron chi connectivity index (χ4n) is 1.68. The summed E-state index contributed by atoms with van der Waals surface area (Å²) in [6.45, 7) is 2.07. The summed E-state index contributed by atoms with van der Waals surface area (Å²) in [5.41, 5.74) is 14.8. The lowest BCUT2D eigenvalue weighted by Crippen LogP contribution is -2.12. The lowest BCUT2D eigenvalue weighted by Gasteiger charge is -2.10. The Labute approximate surface area is 120 Å². The van der Waals surface area contributed by atoms with Crippen LogP contribution in [0.1, 0.15) is 18.9 Å². The predicted octanol–water partition coefficient (Wildman–Crippen LogP) is 0.820. The van der Waals surface area contributed by atoms with Crippen molar-refractivity contribution in [1.82, 2.24) is 19.9 Å². The Morgan fingerprint density at radius 1 is 1.20 bits per heavy atom. The van der Waals surface area contributed by atoms with E-state index in [4.69, 9.17) is 17.3 Å². The number of nitrogens with zero attached hydrogens (tertiary/aromatic N) is 4. The van der Waals surface area contributed by atoms with Crippen LogP contribution in [-0.4, -0.2) is 19.9 Å². The summed E-state index contributed by atoms with van der Waals surface area (Å²) in [7, 11) is 0. The molecule has 0 saturated carbocycles. The molecule has 0 spiro atoms. The van der Waals surface area contributed by atoms with Gasteiger partial charge in [-0.15, -0.1) is 0 Å². The molecule has 0 radical (unpaired) electrons. The Morgan fingerprint density at radius 3 is 2.50 bits per heavy atom. The Hall–Kier alpha value is -2.13. The van der Waals surface area contributed by atoms with Crippen LogP contribution in [0.15, 0.2) is 22.6 Å². The van der Waals surface area contributed by atoms with Crippen LogP contribution in [0.3, 0.4) is 0 Å². The molecule has 2 aromatic heterocycles. The summed E-state index contributed by atoms with van der Waals surface area (Å²) in [6, 6.07) is 1.50. The summed E-state index contributed by atoms with van der Waals surface area (Å²) in [5.74, 6) is 6.71. The first kappa shape index (κ1) is 14.3. The maximum atomic E-state index is 5.66. The minimum atomic E-state index is 0.322. The van der Waals surface area contributed by atoms with Gasteiger partial charge in [0.25, 0.3) is 0 Å². The Bertz CT molecular complexity index is 583. The largest absolute Gasteiger partial charge is 0.383 e. The van der Waals surface area contributed by atoms with E-state index < -0.39 is 0 Å². The molecule has 0 bridgehead atoms. The van der Waals surface area contributed by atoms with Crippen LogP contribution in [0.5, 0.6) is 0 Å². The van der Waals surface area contributed by atoms with Gasteiger partial charge < -0.3 is 16.9 Å². The molecular formula is C11H16N8S. The van der Waals surface area contributed by atoms with Gasteiger partial charge in [0.15, 0.2) is 5.16 Å². The molecule has 7 N–H and O–H groups in total. The van der Waals surface area contributed by atoms with Gasteiger partial charge >= 0.3 is 0 Å². The third-order valence-electron chi connectivity index (χ3n) is 2.48. The maximum Gasteiger partial charge on any atom is 0.197 e. The number of hydrogen-bond donors (Lipinski definition) is 4. The van der Waals surface area contributed by atoms with Gasteiger partial charge in [0.05, 0.1) is 0 Å². The van der Waals surface area contributed by atoms with Crippen molar-refractivity contribution in [2.45, 2.75) is 29.9 Å². The molecule has 2 rings (SSSR count). The molecule has 0 atom stereocenters. The minimum absolute atomic E-state index is 0.322. The fourth-order valence-corrected chi connectivity index (χ4v) is 2.57. The van der Waals surface area contributed by atoms with E-state index in [1.165, 1.54) is 24.2 Å². The van der Waals surface area contributed by atoms with E-state index in [0.717, 1.165) is 23.4 Å². The smallest absolute Gasteiger partial charge is 0.197 e. The van der Waals surface area contributed by atoms with Crippen LogP contribution in [0, 0.1) is 0 Å². The monoisotopic (exact) mass is 292 g/mol. The first-order chi connectivity index (χ1) is 9.63. The van der Waals surface area contributed by atoms with Crippen LogP contribution < -0.4 is 22.7 Å². The number of nitrogens with one attached hydrogen (secondary N) is 1. The van der Waals surface area contributed by atoms with E-state index >= 15 is 0 Å². The van der Waals surface area contributed by atoms with E-state index in [0.29, 0.717) is 22.6 Å². The molecule has 0 unspecified atom stereocenters. The van der Waals surface area contributed by atoms with Gasteiger partial charge in [-0.2, -0.15) is 0 Å². The summed E-state index contributed by atoms with van der Waals surface area (Å²) >= 11 is 1.28. The zero-order valence-corrected chi connectivity index (χ0v) is 11.8. The van der Waals surface area contributed by atoms with Crippen LogP contribution in [0.2, 0.25) is 0 Å². The van der Waals surface area contributed by atoms with Crippen molar-refractivity contribution in [2.75, 3.05) is 16.9 Å². The van der Waals surface area contributed by atoms with E-state index in [2.05, 4.69) is 32.3 Å². The summed E-state index contributed by atoms with van der Waals surface area (Å²) in [4.78, 5) is 16.6. The number of hydrogen-bond acceptors (Lipinski definition) is 9. The Kier molecular flexibility index (Phi) is 4.53. The van der Waals surface area contributed by atoms with E-state index in [9.17, 15) is 0 Å². The molecule has 0 saturated heterocycles. The van der Waals surface area contributed by atoms with Gasteiger partial charge in [-0.3, -0.25) is 0 Å². The molecule has 0 aliphatic heterocycles. The molecule has 9 heteroatoms. The first-order valence-electron chi connectivity index (χ1n) is 6.02. The quantitative estimate of drug-likeness (QED) is 0.272. The number of anilines is 3. The Balaban J connectivity index is 2.37. The highest BCUT2D eigenvalue weighted by molar-refractivity contribution is 7.99. The minimum Gasteiger partial charge on any atom is -0.383 e. The maximum absolute atomic E-state index is 5.66. The second kappa shape index (κ2) is 6.35. The molecule has 2 aromatic rings. The SMILES string of the molecule is CCCc1c(NN)ncnc1Sc1nc(N)cc(N)n1. The highest BCUT2D eigenvalue weighted by Crippen LogP contribution is 2.30. The zero-order valence-electron chi connectivity index (χ0n) is 11.0. The predicted molar refractivity (Wildman–Crippen MR) is 78.8 cm³/mol. The van der Waals surface area contributed by atoms with Crippen LogP contribution >= 0.6 is 11.8 Å². The van der Waals surface area contributed by atoms with Crippen molar-refractivity contribution in [3.63, 3.8) is 0 Å². The van der Waals surface area contributed by atoms with Crippen molar-refractivity contribution in [3.05, 3.63) is 18.0 Å². The van der Waals surface area contributed by atoms with Crippen molar-refractivity contribution in [1.29, 1.82) is 0 Å². The fraction of sp³-hybridized carbons (Fsp3) is 0.273. The highest BCUT2D eigenvalue weighted by Gasteiger charge is 2.13. The van der Waals surface area contributed by atoms with Gasteiger partial charge in [0.2, 0.25) is 0 Å². The van der Waals surface area contributed by atoms with Gasteiger partial charge in [0, 0.05) is 11.6 Å². The molecule has 0 aromatic carbocycles. The van der Waals surface area contributed by atoms with E-state index in [1.54, 1.807) is 0 Å². The molecule has 106 valence electrons. The average molecular weight is 292 g/mol. The molecule has 0 amide bonds. The second-order valence-electron chi connectivity index (χ2n) is 4.00. The first-order valence-corrected chi connectivity index (χ1v) is 6.84. The number of nitrogen functional groups attached to an aromatic ring is 3. The van der Waals surface area contributed by atoms with Crippen molar-refractivity contribution in [2.24, 2.45) is 5.84 Å². The normalized spacial score (nSPS) is 10.5. The average Bonchev–Trinajstić information content (AvgIpc) is 2.39. The standard InChI is InChI=1S/C11H16N8S/c1-2-3-6-9(19-14)15-5-16-10(6)20-11-17-7(12)4-8(13)18-11/h4-5H,2-3,14H2,1H3,(H,15,16,19)(H4,12,13,17,18). The lowest BCUT2D eigenvalue weighted by molar-refractivity contribution is 0.853. The summed E-state index contributed by atoms with van der Waals surface area (Å²) in [6.07, 6.45) is 3.17. The van der Waals surface area contributed by atoms with Gasteiger partial charge in [-0.05, 0) is 18.2 Å². The second-order valence-corrected chi connectivity index (χ2v) is 4.96. The third-order valence-corrected chi connectivity index (χ3v) is 3.39. The van der Waals surface area contributed by atoms with Crippen molar-refractivity contribution < 1.29 is 0 Å². The summed E-state index contributed by atoms with van der Waals surface area (Å²) in [5, 5.41) is 1.18. The van der Waals surface area contributed by atoms with E-state index in [1.807, 2.05) is 0 Å². The van der Waals surface area contributed by atoms with E-state index in [-0.39, 0.29) is 0 Å². The number of nitrogens with two attached hydrogens (primary N) is 3. The molecule has 0 aliphatic carbocycles. The molecule has 2 heterocycles. The Morgan fingerprint density at radius 2 is 1.90 bits per heavy atom. The molecule has 0 aliphatic rings. The van der Waals surface area contributed by atoms with Gasteiger partial charge in [-0.1, -0.05) is 13.3 Å². The molecule has 0 fully saturated rings. The summed E-state index contributed by atoms with van der Waals surface area (Å²) < 4.78 is 0. The van der Waals surface area contributed by atoms with Gasteiger partial charge in [-0.25, -0.2) is 25.8 Å². The van der Waals surface area contributed by atoms with Crippen LogP contribution in [-0.2, 0) is 6.42 Å². The zero-order chi connectivity index (χ0) is 14.5.